The van der Waals surface area contributed by atoms with Gasteiger partial charge in [0.25, 0.3) is 0 Å². The molecule has 0 bridgehead atoms. The van der Waals surface area contributed by atoms with E-state index < -0.39 is 0 Å². The fourth-order valence-electron chi connectivity index (χ4n) is 0.729. The zero-order chi connectivity index (χ0) is 7.82. The van der Waals surface area contributed by atoms with Crippen LogP contribution in [0.4, 0.5) is 0 Å². The summed E-state index contributed by atoms with van der Waals surface area (Å²) in [6.07, 6.45) is 7.43. The maximum atomic E-state index is 3.56. The zero-order valence-electron chi connectivity index (χ0n) is 6.98. The SMILES string of the molecule is C=CN/C=C(\C)CCCC. The molecule has 0 aliphatic heterocycles. The summed E-state index contributed by atoms with van der Waals surface area (Å²) in [5, 5.41) is 2.96. The van der Waals surface area contributed by atoms with Gasteiger partial charge in [-0.1, -0.05) is 25.5 Å². The molecule has 0 spiro atoms. The maximum Gasteiger partial charge on any atom is -0.000664 e. The normalized spacial score (nSPS) is 11.2. The average molecular weight is 139 g/mol. The van der Waals surface area contributed by atoms with Gasteiger partial charge in [0, 0.05) is 0 Å². The molecule has 0 unspecified atom stereocenters. The largest absolute Gasteiger partial charge is 0.368 e. The third-order valence-electron chi connectivity index (χ3n) is 1.37. The Balaban J connectivity index is 3.38. The first-order chi connectivity index (χ1) is 4.81. The van der Waals surface area contributed by atoms with Crippen LogP contribution < -0.4 is 5.32 Å². The van der Waals surface area contributed by atoms with Crippen LogP contribution in [0.2, 0.25) is 0 Å². The summed E-state index contributed by atoms with van der Waals surface area (Å²) in [5.41, 5.74) is 1.39. The van der Waals surface area contributed by atoms with E-state index in [1.54, 1.807) is 6.20 Å². The van der Waals surface area contributed by atoms with Crippen molar-refractivity contribution in [1.29, 1.82) is 0 Å². The Morgan fingerprint density at radius 2 is 2.30 bits per heavy atom. The molecule has 1 nitrogen and oxygen atoms in total. The Morgan fingerprint density at radius 1 is 1.60 bits per heavy atom. The monoisotopic (exact) mass is 139 g/mol. The predicted octanol–water partition coefficient (Wildman–Crippen LogP) is 2.81. The first-order valence-electron chi connectivity index (χ1n) is 3.83. The van der Waals surface area contributed by atoms with Gasteiger partial charge >= 0.3 is 0 Å². The molecule has 0 aliphatic rings. The highest BCUT2D eigenvalue weighted by Gasteiger charge is 1.85. The van der Waals surface area contributed by atoms with Crippen LogP contribution in [-0.2, 0) is 0 Å². The van der Waals surface area contributed by atoms with Crippen molar-refractivity contribution < 1.29 is 0 Å². The van der Waals surface area contributed by atoms with Gasteiger partial charge in [0.15, 0.2) is 0 Å². The van der Waals surface area contributed by atoms with Gasteiger partial charge in [0.05, 0.1) is 0 Å². The number of rotatable bonds is 5. The number of allylic oxidation sites excluding steroid dienone is 1. The van der Waals surface area contributed by atoms with Crippen LogP contribution in [0.1, 0.15) is 33.1 Å². The van der Waals surface area contributed by atoms with E-state index in [9.17, 15) is 0 Å². The van der Waals surface area contributed by atoms with E-state index >= 15 is 0 Å². The number of nitrogens with one attached hydrogen (secondary N) is 1. The van der Waals surface area contributed by atoms with E-state index in [4.69, 9.17) is 0 Å². The van der Waals surface area contributed by atoms with Crippen molar-refractivity contribution in [2.75, 3.05) is 0 Å². The molecule has 0 saturated carbocycles. The Bertz CT molecular complexity index is 114. The molecule has 0 aromatic carbocycles. The van der Waals surface area contributed by atoms with Crippen molar-refractivity contribution in [3.05, 3.63) is 24.6 Å². The van der Waals surface area contributed by atoms with Crippen LogP contribution in [0.15, 0.2) is 24.6 Å². The topological polar surface area (TPSA) is 12.0 Å². The van der Waals surface area contributed by atoms with Gasteiger partial charge < -0.3 is 5.32 Å². The second-order valence-electron chi connectivity index (χ2n) is 2.47. The molecule has 0 amide bonds. The van der Waals surface area contributed by atoms with E-state index in [2.05, 4.69) is 25.7 Å². The molecule has 0 heterocycles. The van der Waals surface area contributed by atoms with Gasteiger partial charge in [-0.05, 0) is 32.2 Å². The minimum absolute atomic E-state index is 1.19. The number of hydrogen-bond donors (Lipinski definition) is 1. The van der Waals surface area contributed by atoms with Crippen LogP contribution in [0.25, 0.3) is 0 Å². The lowest BCUT2D eigenvalue weighted by Crippen LogP contribution is -1.92. The highest BCUT2D eigenvalue weighted by Crippen LogP contribution is 2.03. The molecule has 58 valence electrons. The highest BCUT2D eigenvalue weighted by molar-refractivity contribution is 4.97. The van der Waals surface area contributed by atoms with Crippen molar-refractivity contribution in [2.24, 2.45) is 0 Å². The highest BCUT2D eigenvalue weighted by atomic mass is 14.8. The molecule has 0 rings (SSSR count). The average Bonchev–Trinajstić information content (AvgIpc) is 1.97. The second-order valence-corrected chi connectivity index (χ2v) is 2.47. The molecule has 0 saturated heterocycles. The van der Waals surface area contributed by atoms with Gasteiger partial charge in [0.1, 0.15) is 0 Å². The quantitative estimate of drug-likeness (QED) is 0.617. The van der Waals surface area contributed by atoms with E-state index in [1.165, 1.54) is 24.8 Å². The molecule has 0 radical (unpaired) electrons. The molecule has 0 aromatic heterocycles. The molecule has 10 heavy (non-hydrogen) atoms. The summed E-state index contributed by atoms with van der Waals surface area (Å²) in [5.74, 6) is 0. The molecule has 0 aliphatic carbocycles. The Labute approximate surface area is 63.8 Å². The summed E-state index contributed by atoms with van der Waals surface area (Å²) in [6.45, 7) is 7.89. The summed E-state index contributed by atoms with van der Waals surface area (Å²) in [6, 6.07) is 0. The summed E-state index contributed by atoms with van der Waals surface area (Å²) in [4.78, 5) is 0. The fraction of sp³-hybridized carbons (Fsp3) is 0.556. The Kier molecular flexibility index (Phi) is 5.94. The van der Waals surface area contributed by atoms with Crippen LogP contribution in [-0.4, -0.2) is 0 Å². The molecular formula is C9H17N. The molecule has 0 atom stereocenters. The third kappa shape index (κ3) is 5.42. The summed E-state index contributed by atoms with van der Waals surface area (Å²) < 4.78 is 0. The Morgan fingerprint density at radius 3 is 2.80 bits per heavy atom. The molecule has 1 N–H and O–H groups in total. The number of hydrogen-bond acceptors (Lipinski definition) is 1. The minimum Gasteiger partial charge on any atom is -0.368 e. The summed E-state index contributed by atoms with van der Waals surface area (Å²) in [7, 11) is 0. The van der Waals surface area contributed by atoms with Gasteiger partial charge in [0.2, 0.25) is 0 Å². The van der Waals surface area contributed by atoms with Crippen molar-refractivity contribution in [1.82, 2.24) is 5.32 Å². The molecule has 0 fully saturated rings. The number of unbranched alkanes of at least 4 members (excludes halogenated alkanes) is 1. The van der Waals surface area contributed by atoms with Crippen molar-refractivity contribution in [3.8, 4) is 0 Å². The lowest BCUT2D eigenvalue weighted by Gasteiger charge is -1.97. The van der Waals surface area contributed by atoms with Gasteiger partial charge in [-0.2, -0.15) is 0 Å². The van der Waals surface area contributed by atoms with Gasteiger partial charge in [-0.15, -0.1) is 0 Å². The van der Waals surface area contributed by atoms with Crippen LogP contribution in [0.5, 0.6) is 0 Å². The third-order valence-corrected chi connectivity index (χ3v) is 1.37. The maximum absolute atomic E-state index is 3.56. The van der Waals surface area contributed by atoms with Gasteiger partial charge in [-0.3, -0.25) is 0 Å². The fourth-order valence-corrected chi connectivity index (χ4v) is 0.729. The zero-order valence-corrected chi connectivity index (χ0v) is 6.98. The molecule has 1 heteroatoms. The lowest BCUT2D eigenvalue weighted by molar-refractivity contribution is 0.782. The first-order valence-corrected chi connectivity index (χ1v) is 3.83. The van der Waals surface area contributed by atoms with Crippen molar-refractivity contribution in [2.45, 2.75) is 33.1 Å². The van der Waals surface area contributed by atoms with E-state index in [1.807, 2.05) is 6.20 Å². The smallest absolute Gasteiger partial charge is 0.000664 e. The lowest BCUT2D eigenvalue weighted by atomic mass is 10.1. The van der Waals surface area contributed by atoms with Crippen molar-refractivity contribution in [3.63, 3.8) is 0 Å². The van der Waals surface area contributed by atoms with E-state index in [0.717, 1.165) is 0 Å². The summed E-state index contributed by atoms with van der Waals surface area (Å²) >= 11 is 0. The van der Waals surface area contributed by atoms with Crippen LogP contribution in [0.3, 0.4) is 0 Å². The van der Waals surface area contributed by atoms with Crippen LogP contribution >= 0.6 is 0 Å². The minimum atomic E-state index is 1.19. The van der Waals surface area contributed by atoms with Gasteiger partial charge in [-0.25, -0.2) is 0 Å². The molecular weight excluding hydrogens is 122 g/mol. The second kappa shape index (κ2) is 6.40. The first kappa shape index (κ1) is 9.28. The predicted molar refractivity (Wildman–Crippen MR) is 46.6 cm³/mol. The Hall–Kier alpha value is -0.720. The standard InChI is InChI=1S/C9H17N/c1-4-6-7-9(3)8-10-5-2/h5,8,10H,2,4,6-7H2,1,3H3/b9-8+. The van der Waals surface area contributed by atoms with E-state index in [0.29, 0.717) is 0 Å². The van der Waals surface area contributed by atoms with Crippen molar-refractivity contribution >= 4 is 0 Å². The molecule has 0 aromatic rings. The van der Waals surface area contributed by atoms with Crippen LogP contribution in [0, 0.1) is 0 Å². The van der Waals surface area contributed by atoms with E-state index in [-0.39, 0.29) is 0 Å².